The normalized spacial score (nSPS) is 12.4. The lowest BCUT2D eigenvalue weighted by molar-refractivity contribution is -0.171. The van der Waals surface area contributed by atoms with Crippen LogP contribution in [0.25, 0.3) is 22.6 Å². The molecular weight excluding hydrogens is 1270 g/mol. The molecule has 0 unspecified atom stereocenters. The maximum Gasteiger partial charge on any atom is 0.418 e. The molecule has 0 aliphatic carbocycles. The van der Waals surface area contributed by atoms with E-state index < -0.39 is 79.4 Å². The summed E-state index contributed by atoms with van der Waals surface area (Å²) in [7, 11) is -3.43. The fourth-order valence-corrected chi connectivity index (χ4v) is 11.5. The highest BCUT2D eigenvalue weighted by molar-refractivity contribution is 7.34. The summed E-state index contributed by atoms with van der Waals surface area (Å²) in [6, 6.07) is 20.6. The minimum atomic E-state index is -3.43. The molecule has 2 aromatic heterocycles. The summed E-state index contributed by atoms with van der Waals surface area (Å²) in [5.41, 5.74) is 1.66. The van der Waals surface area contributed by atoms with E-state index in [0.717, 1.165) is 47.9 Å². The van der Waals surface area contributed by atoms with Crippen LogP contribution in [0.5, 0.6) is 23.0 Å². The summed E-state index contributed by atoms with van der Waals surface area (Å²) < 4.78 is 77.2. The molecule has 23 nitrogen and oxygen atoms in total. The Morgan fingerprint density at radius 3 is 1.24 bits per heavy atom. The first-order valence-corrected chi connectivity index (χ1v) is 33.6. The summed E-state index contributed by atoms with van der Waals surface area (Å²) in [6.45, 7) is 17.9. The van der Waals surface area contributed by atoms with Gasteiger partial charge in [-0.15, -0.1) is 0 Å². The van der Waals surface area contributed by atoms with Crippen LogP contribution in [0, 0.1) is 23.5 Å². The number of nitrogens with zero attached hydrogens (tertiary/aromatic N) is 2. The van der Waals surface area contributed by atoms with Crippen LogP contribution in [0.15, 0.2) is 106 Å². The highest BCUT2D eigenvalue weighted by Crippen LogP contribution is 2.40. The molecule has 0 saturated carbocycles. The lowest BCUT2D eigenvalue weighted by Gasteiger charge is -2.32. The van der Waals surface area contributed by atoms with Crippen LogP contribution in [-0.4, -0.2) is 97.1 Å². The number of nitrogens with one attached hydrogen (secondary N) is 4. The first kappa shape index (κ1) is 75.5. The van der Waals surface area contributed by atoms with Crippen LogP contribution in [0.3, 0.4) is 0 Å². The molecule has 2 heterocycles. The van der Waals surface area contributed by atoms with Gasteiger partial charge in [-0.1, -0.05) is 93.9 Å². The third-order valence-corrected chi connectivity index (χ3v) is 16.5. The Morgan fingerprint density at radius 2 is 0.896 bits per heavy atom. The van der Waals surface area contributed by atoms with E-state index in [2.05, 4.69) is 21.3 Å². The third kappa shape index (κ3) is 21.2. The quantitative estimate of drug-likeness (QED) is 0.00914. The number of hydrogen-bond acceptors (Lipinski definition) is 17. The minimum absolute atomic E-state index is 0.0471. The van der Waals surface area contributed by atoms with Crippen molar-refractivity contribution in [2.75, 3.05) is 26.6 Å². The van der Waals surface area contributed by atoms with Crippen molar-refractivity contribution in [3.8, 4) is 45.6 Å². The monoisotopic (exact) mass is 1350 g/mol. The molecule has 96 heavy (non-hydrogen) atoms. The number of rotatable bonds is 40. The standard InChI is InChI=1S/C70H87F2N6O17P/c1-11-17-19-21-55(59(13-3)77(41-79)92-69(85)53-25-23-47(71)35-57(53)43(7)8)65(81)73-39-75-67(83)63-29-27-61(90-63)45-31-49(88-15-5)37-51(33-45)94-96(87)95-52-34-46(32-50(38-52)89-16-6)62-28-30-64(91-62)68(84)76-40-74-66(82)56(22-20-18-12-2)60(14-4)78(42-80)93-70(86)54-26-24-48(72)36-58(54)44(9)10/h23-38,41-44,55-56,59-60,96H,11-22,39-40H2,1-10H3,(H,73,81)(H,74,82)(H,75,83)(H,76,84)/t55-,56-,59-,60-/m1/s1. The molecule has 0 radical (unpaired) electrons. The molecule has 0 saturated heterocycles. The van der Waals surface area contributed by atoms with Gasteiger partial charge in [0.2, 0.25) is 24.6 Å². The summed E-state index contributed by atoms with van der Waals surface area (Å²) in [6.07, 6.45) is 6.24. The van der Waals surface area contributed by atoms with Gasteiger partial charge in [0.25, 0.3) is 11.8 Å². The fourth-order valence-electron chi connectivity index (χ4n) is 10.9. The van der Waals surface area contributed by atoms with Gasteiger partial charge in [-0.2, -0.15) is 10.1 Å². The number of carbonyl (C=O) groups excluding carboxylic acids is 8. The van der Waals surface area contributed by atoms with E-state index in [-0.39, 0.29) is 96.9 Å². The van der Waals surface area contributed by atoms with Crippen molar-refractivity contribution in [2.24, 2.45) is 11.8 Å². The van der Waals surface area contributed by atoms with Gasteiger partial charge in [0.05, 0.1) is 61.6 Å². The van der Waals surface area contributed by atoms with Crippen molar-refractivity contribution < 1.29 is 88.7 Å². The number of hydroxylamine groups is 4. The second-order valence-electron chi connectivity index (χ2n) is 23.1. The largest absolute Gasteiger partial charge is 0.494 e. The molecule has 6 rings (SSSR count). The predicted molar refractivity (Wildman–Crippen MR) is 353 cm³/mol. The van der Waals surface area contributed by atoms with Crippen molar-refractivity contribution in [2.45, 2.75) is 157 Å². The van der Waals surface area contributed by atoms with Crippen LogP contribution in [0.2, 0.25) is 0 Å². The first-order valence-electron chi connectivity index (χ1n) is 32.4. The average molecular weight is 1350 g/mol. The molecule has 4 atom stereocenters. The number of benzene rings is 4. The number of furan rings is 2. The number of ether oxygens (including phenoxy) is 2. The van der Waals surface area contributed by atoms with Crippen LogP contribution >= 0.6 is 8.25 Å². The molecule has 0 bridgehead atoms. The van der Waals surface area contributed by atoms with E-state index in [4.69, 9.17) is 37.0 Å². The van der Waals surface area contributed by atoms with Crippen molar-refractivity contribution in [1.82, 2.24) is 31.4 Å². The molecule has 26 heteroatoms. The lowest BCUT2D eigenvalue weighted by Crippen LogP contribution is -2.49. The van der Waals surface area contributed by atoms with E-state index >= 15 is 0 Å². The topological polar surface area (TPSA) is 290 Å². The van der Waals surface area contributed by atoms with Crippen LogP contribution in [0.1, 0.15) is 198 Å². The van der Waals surface area contributed by atoms with Gasteiger partial charge in [0.15, 0.2) is 11.5 Å². The molecule has 518 valence electrons. The van der Waals surface area contributed by atoms with Crippen LogP contribution in [0.4, 0.5) is 8.78 Å². The zero-order valence-corrected chi connectivity index (χ0v) is 56.8. The molecule has 0 aliphatic heterocycles. The fraction of sp³-hybridized carbons (Fsp3) is 0.429. The third-order valence-electron chi connectivity index (χ3n) is 15.7. The maximum absolute atomic E-state index is 14.1. The number of hydrogen-bond donors (Lipinski definition) is 4. The lowest BCUT2D eigenvalue weighted by atomic mass is 9.90. The smallest absolute Gasteiger partial charge is 0.418 e. The Kier molecular flexibility index (Phi) is 29.5. The highest BCUT2D eigenvalue weighted by atomic mass is 31.1. The van der Waals surface area contributed by atoms with Gasteiger partial charge in [0, 0.05) is 23.3 Å². The van der Waals surface area contributed by atoms with Crippen LogP contribution in [-0.2, 0) is 33.4 Å². The molecule has 0 fully saturated rings. The van der Waals surface area contributed by atoms with E-state index in [1.807, 2.05) is 13.8 Å². The first-order chi connectivity index (χ1) is 46.1. The van der Waals surface area contributed by atoms with Gasteiger partial charge in [-0.05, 0) is 147 Å². The molecular formula is C70H87F2N6O17P. The second kappa shape index (κ2) is 37.5. The molecule has 0 aliphatic rings. The van der Waals surface area contributed by atoms with E-state index in [0.29, 0.717) is 72.3 Å². The Labute approximate surface area is 558 Å². The molecule has 4 N–H and O–H groups in total. The van der Waals surface area contributed by atoms with Crippen molar-refractivity contribution in [3.63, 3.8) is 0 Å². The Hall–Kier alpha value is -9.51. The Morgan fingerprint density at radius 1 is 0.510 bits per heavy atom. The summed E-state index contributed by atoms with van der Waals surface area (Å²) >= 11 is 0. The molecule has 4 aromatic carbocycles. The number of halogens is 2. The van der Waals surface area contributed by atoms with Gasteiger partial charge < -0.3 is 58.3 Å². The Balaban J connectivity index is 1.08. The molecule has 6 aromatic rings. The molecule has 0 spiro atoms. The maximum atomic E-state index is 14.1. The number of carbonyl (C=O) groups is 8. The zero-order valence-electron chi connectivity index (χ0n) is 55.8. The zero-order chi connectivity index (χ0) is 70.0. The van der Waals surface area contributed by atoms with Gasteiger partial charge in [-0.3, -0.25) is 28.8 Å². The Bertz CT molecular complexity index is 3420. The summed E-state index contributed by atoms with van der Waals surface area (Å²) in [4.78, 5) is 118. The summed E-state index contributed by atoms with van der Waals surface area (Å²) in [5, 5.41) is 12.3. The van der Waals surface area contributed by atoms with Gasteiger partial charge in [0.1, 0.15) is 46.2 Å². The highest BCUT2D eigenvalue weighted by Gasteiger charge is 2.36. The average Bonchev–Trinajstić information content (AvgIpc) is 1.39. The van der Waals surface area contributed by atoms with Crippen molar-refractivity contribution in [1.29, 1.82) is 0 Å². The molecule has 6 amide bonds. The van der Waals surface area contributed by atoms with Gasteiger partial charge >= 0.3 is 20.2 Å². The number of unbranched alkanes of at least 4 members (excludes halogenated alkanes) is 4. The number of amides is 6. The van der Waals surface area contributed by atoms with E-state index in [1.165, 1.54) is 72.8 Å². The van der Waals surface area contributed by atoms with Crippen LogP contribution < -0.4 is 39.8 Å². The van der Waals surface area contributed by atoms with Gasteiger partial charge in [-0.25, -0.2) is 22.9 Å². The SMILES string of the molecule is CCCCC[C@@H](C(=O)NCNC(=O)c1ccc(-c2cc(OCC)cc(O[PH](=O)Oc3cc(OCC)cc(-c4ccc(C(=O)NCNC(=O)[C@H](CCCCC)[C@@H](CC)N(C=O)OC(=O)c5ccc(F)cc5C(C)C)o4)c3)c2)o1)[C@@H](CC)N(C=O)OC(=O)c1ccc(F)cc1C(C)C. The van der Waals surface area contributed by atoms with E-state index in [9.17, 15) is 51.7 Å². The predicted octanol–water partition coefficient (Wildman–Crippen LogP) is 13.4. The minimum Gasteiger partial charge on any atom is -0.494 e. The van der Waals surface area contributed by atoms with E-state index in [1.54, 1.807) is 67.5 Å². The second-order valence-corrected chi connectivity index (χ2v) is 24.0. The van der Waals surface area contributed by atoms with Crippen molar-refractivity contribution in [3.05, 3.63) is 142 Å². The van der Waals surface area contributed by atoms with Crippen molar-refractivity contribution >= 4 is 56.6 Å². The summed E-state index contributed by atoms with van der Waals surface area (Å²) in [5.74, 6) is -6.65.